The van der Waals surface area contributed by atoms with E-state index < -0.39 is 40.7 Å². The van der Waals surface area contributed by atoms with Crippen molar-refractivity contribution in [3.05, 3.63) is 0 Å². The molecule has 0 aliphatic carbocycles. The van der Waals surface area contributed by atoms with Crippen molar-refractivity contribution >= 4 is 28.2 Å². The number of carbonyl (C=O) groups excluding carboxylic acids is 1. The number of hydrogen-bond donors (Lipinski definition) is 0. The minimum Gasteiger partial charge on any atom is -0.438 e. The summed E-state index contributed by atoms with van der Waals surface area (Å²) in [5.41, 5.74) is 0. The summed E-state index contributed by atoms with van der Waals surface area (Å²) in [6.45, 7) is 12.6. The molecule has 0 aromatic heterocycles. The Morgan fingerprint density at radius 3 is 1.93 bits per heavy atom. The number of ether oxygens (including phenoxy) is 1. The molecule has 1 unspecified atom stereocenters. The quantitative estimate of drug-likeness (QED) is 0.121. The van der Waals surface area contributed by atoms with Crippen molar-refractivity contribution in [2.75, 3.05) is 0 Å². The normalized spacial score (nSPS) is 15.0. The van der Waals surface area contributed by atoms with Crippen molar-refractivity contribution < 1.29 is 27.1 Å². The van der Waals surface area contributed by atoms with Gasteiger partial charge in [-0.3, -0.25) is 9.45 Å². The fraction of sp³-hybridized carbons (Fsp3) is 0.889. The first-order valence-corrected chi connectivity index (χ1v) is 16.6. The van der Waals surface area contributed by atoms with E-state index in [9.17, 15) is 18.0 Å². The van der Waals surface area contributed by atoms with Gasteiger partial charge in [-0.25, -0.2) is 0 Å². The zero-order valence-corrected chi connectivity index (χ0v) is 19.8. The van der Waals surface area contributed by atoms with Gasteiger partial charge in [0.05, 0.1) is 0 Å². The van der Waals surface area contributed by atoms with Crippen LogP contribution < -0.4 is 0 Å². The highest BCUT2D eigenvalue weighted by Crippen LogP contribution is 2.24. The number of unbranched alkanes of at least 4 members (excludes halogenated alkanes) is 5. The third-order valence-electron chi connectivity index (χ3n) is 3.40. The highest BCUT2D eigenvalue weighted by atomic mass is 28.4. The number of ketones is 1. The van der Waals surface area contributed by atoms with Crippen molar-refractivity contribution in [2.24, 2.45) is 4.66 Å². The van der Waals surface area contributed by atoms with Gasteiger partial charge < -0.3 is 9.16 Å². The zero-order chi connectivity index (χ0) is 21.3. The molecule has 0 aliphatic rings. The zero-order valence-electron chi connectivity index (χ0n) is 17.8. The van der Waals surface area contributed by atoms with Gasteiger partial charge in [0.1, 0.15) is 0 Å². The molecule has 0 rings (SSSR count). The molecule has 0 radical (unpaired) electrons. The van der Waals surface area contributed by atoms with Crippen LogP contribution in [0.5, 0.6) is 0 Å². The van der Waals surface area contributed by atoms with Crippen molar-refractivity contribution in [1.29, 1.82) is 0 Å². The molecule has 0 saturated heterocycles. The SMILES string of the molecule is CCCCCCCCC(=O)C(O/C(=N/[Si](C)(C)C)C(F)(F)F)O[Si](C)(C)C. The van der Waals surface area contributed by atoms with E-state index in [-0.39, 0.29) is 6.42 Å². The molecular formula is C18H36F3NO3Si2. The maximum Gasteiger partial charge on any atom is 0.467 e. The molecule has 0 fully saturated rings. The van der Waals surface area contributed by atoms with Crippen LogP contribution in [-0.4, -0.2) is 40.7 Å². The van der Waals surface area contributed by atoms with Crippen molar-refractivity contribution in [1.82, 2.24) is 0 Å². The van der Waals surface area contributed by atoms with Gasteiger partial charge >= 0.3 is 6.18 Å². The molecule has 0 heterocycles. The lowest BCUT2D eigenvalue weighted by molar-refractivity contribution is -0.146. The Hall–Kier alpha value is -0.676. The molecule has 4 nitrogen and oxygen atoms in total. The first-order chi connectivity index (χ1) is 12.2. The topological polar surface area (TPSA) is 47.9 Å². The molecule has 0 aromatic carbocycles. The first-order valence-electron chi connectivity index (χ1n) is 9.70. The number of halogens is 3. The Labute approximate surface area is 164 Å². The van der Waals surface area contributed by atoms with Crippen LogP contribution in [0.15, 0.2) is 4.66 Å². The number of nitrogens with zero attached hydrogens (tertiary/aromatic N) is 1. The van der Waals surface area contributed by atoms with Gasteiger partial charge in [-0.1, -0.05) is 39.0 Å². The summed E-state index contributed by atoms with van der Waals surface area (Å²) in [5, 5.41) is 0. The summed E-state index contributed by atoms with van der Waals surface area (Å²) in [5.74, 6) is -1.79. The van der Waals surface area contributed by atoms with Gasteiger partial charge in [-0.2, -0.15) is 13.2 Å². The average Bonchev–Trinajstić information content (AvgIpc) is 2.45. The molecule has 0 amide bonds. The molecule has 0 spiro atoms. The summed E-state index contributed by atoms with van der Waals surface area (Å²) in [6, 6.07) is 0. The van der Waals surface area contributed by atoms with Gasteiger partial charge in [-0.15, -0.1) is 0 Å². The summed E-state index contributed by atoms with van der Waals surface area (Å²) in [7, 11) is -4.74. The molecule has 9 heteroatoms. The van der Waals surface area contributed by atoms with Crippen LogP contribution in [0, 0.1) is 0 Å². The highest BCUT2D eigenvalue weighted by Gasteiger charge is 2.42. The summed E-state index contributed by atoms with van der Waals surface area (Å²) < 4.78 is 54.5. The molecule has 0 aliphatic heterocycles. The Balaban J connectivity index is 5.12. The fourth-order valence-electron chi connectivity index (χ4n) is 2.24. The lowest BCUT2D eigenvalue weighted by Gasteiger charge is -2.27. The van der Waals surface area contributed by atoms with Crippen molar-refractivity contribution in [3.8, 4) is 0 Å². The summed E-state index contributed by atoms with van der Waals surface area (Å²) >= 11 is 0. The van der Waals surface area contributed by atoms with E-state index in [2.05, 4.69) is 11.6 Å². The molecule has 0 aromatic rings. The van der Waals surface area contributed by atoms with Crippen molar-refractivity contribution in [3.63, 3.8) is 0 Å². The Bertz CT molecular complexity index is 484. The third kappa shape index (κ3) is 14.0. The van der Waals surface area contributed by atoms with Gasteiger partial charge in [0.15, 0.2) is 22.3 Å². The molecule has 1 atom stereocenters. The minimum absolute atomic E-state index is 0.152. The number of alkyl halides is 3. The van der Waals surface area contributed by atoms with Crippen LogP contribution in [0.2, 0.25) is 39.3 Å². The van der Waals surface area contributed by atoms with Crippen LogP contribution in [-0.2, 0) is 14.0 Å². The monoisotopic (exact) mass is 427 g/mol. The van der Waals surface area contributed by atoms with Crippen LogP contribution in [0.25, 0.3) is 0 Å². The van der Waals surface area contributed by atoms with Crippen LogP contribution in [0.1, 0.15) is 51.9 Å². The Kier molecular flexibility index (Phi) is 11.1. The number of hydrogen-bond acceptors (Lipinski definition) is 4. The number of rotatable bonds is 12. The van der Waals surface area contributed by atoms with E-state index in [1.807, 2.05) is 19.6 Å². The summed E-state index contributed by atoms with van der Waals surface area (Å²) in [6.07, 6.45) is -0.213. The fourth-order valence-corrected chi connectivity index (χ4v) is 3.85. The highest BCUT2D eigenvalue weighted by molar-refractivity contribution is 6.75. The lowest BCUT2D eigenvalue weighted by atomic mass is 10.1. The summed E-state index contributed by atoms with van der Waals surface area (Å²) in [4.78, 5) is 12.5. The van der Waals surface area contributed by atoms with Crippen LogP contribution >= 0.6 is 0 Å². The van der Waals surface area contributed by atoms with E-state index in [1.165, 1.54) is 0 Å². The smallest absolute Gasteiger partial charge is 0.438 e. The Morgan fingerprint density at radius 2 is 1.48 bits per heavy atom. The average molecular weight is 428 g/mol. The largest absolute Gasteiger partial charge is 0.467 e. The van der Waals surface area contributed by atoms with E-state index in [0.29, 0.717) is 6.42 Å². The van der Waals surface area contributed by atoms with Gasteiger partial charge in [0.2, 0.25) is 0 Å². The number of carbonyl (C=O) groups is 1. The van der Waals surface area contributed by atoms with Crippen molar-refractivity contribution in [2.45, 2.75) is 104 Å². The first kappa shape index (κ1) is 26.3. The van der Waals surface area contributed by atoms with E-state index in [4.69, 9.17) is 9.16 Å². The second-order valence-corrected chi connectivity index (χ2v) is 17.8. The molecule has 27 heavy (non-hydrogen) atoms. The molecule has 0 N–H and O–H groups in total. The number of Topliss-reactive ketones (excluding diaryl/α,β-unsaturated/α-hetero) is 1. The lowest BCUT2D eigenvalue weighted by Crippen LogP contribution is -2.43. The molecule has 0 saturated carbocycles. The molecule has 0 bridgehead atoms. The molecule has 160 valence electrons. The molecular weight excluding hydrogens is 391 g/mol. The predicted octanol–water partition coefficient (Wildman–Crippen LogP) is 6.30. The van der Waals surface area contributed by atoms with Gasteiger partial charge in [-0.05, 0) is 45.7 Å². The van der Waals surface area contributed by atoms with Gasteiger partial charge in [0, 0.05) is 6.42 Å². The second-order valence-electron chi connectivity index (χ2n) is 8.75. The van der Waals surface area contributed by atoms with Crippen LogP contribution in [0.3, 0.4) is 0 Å². The standard InChI is InChI=1S/C18H36F3NO3Si2/c1-8-9-10-11-12-13-14-15(23)16(25-27(5,6)7)24-17(18(19,20)21)22-26(2,3)4/h16H,8-14H2,1-7H3/b22-17+. The second kappa shape index (κ2) is 11.4. The van der Waals surface area contributed by atoms with Crippen LogP contribution in [0.4, 0.5) is 13.2 Å². The predicted molar refractivity (Wildman–Crippen MR) is 109 cm³/mol. The minimum atomic E-state index is -4.75. The maximum atomic E-state index is 13.3. The van der Waals surface area contributed by atoms with E-state index in [0.717, 1.165) is 32.1 Å². The third-order valence-corrected chi connectivity index (χ3v) is 5.19. The Morgan fingerprint density at radius 1 is 0.963 bits per heavy atom. The van der Waals surface area contributed by atoms with Gasteiger partial charge in [0.25, 0.3) is 12.2 Å². The maximum absolute atomic E-state index is 13.3. The van der Waals surface area contributed by atoms with E-state index >= 15 is 0 Å². The van der Waals surface area contributed by atoms with E-state index in [1.54, 1.807) is 19.6 Å².